The number of carboxylic acids is 1. The molecule has 0 aliphatic rings. The zero-order chi connectivity index (χ0) is 12.9. The lowest BCUT2D eigenvalue weighted by Crippen LogP contribution is -2.09. The highest BCUT2D eigenvalue weighted by Gasteiger charge is 2.12. The van der Waals surface area contributed by atoms with Crippen molar-refractivity contribution < 1.29 is 19.5 Å². The Morgan fingerprint density at radius 2 is 1.53 bits per heavy atom. The summed E-state index contributed by atoms with van der Waals surface area (Å²) in [5, 5.41) is 8.72. The minimum Gasteiger partial charge on any atom is -0.481 e. The largest absolute Gasteiger partial charge is 0.481 e. The monoisotopic (exact) mass is 240 g/mol. The number of nitrogens with zero attached hydrogens (tertiary/aromatic N) is 2. The Balaban J connectivity index is 3.90. The van der Waals surface area contributed by atoms with Crippen molar-refractivity contribution >= 4 is 18.1 Å². The Morgan fingerprint density at radius 3 is 1.88 bits per heavy atom. The minimum atomic E-state index is -0.840. The Kier molecular flexibility index (Phi) is 9.62. The minimum absolute atomic E-state index is 0.0382. The van der Waals surface area contributed by atoms with Crippen molar-refractivity contribution in [3.63, 3.8) is 0 Å². The molecule has 0 amide bonds. The van der Waals surface area contributed by atoms with Crippen LogP contribution in [0.5, 0.6) is 0 Å². The average molecular weight is 240 g/mol. The topological polar surface area (TPSA) is 96.2 Å². The van der Waals surface area contributed by atoms with E-state index in [0.717, 1.165) is 0 Å². The summed E-state index contributed by atoms with van der Waals surface area (Å²) in [6, 6.07) is 0. The lowest BCUT2D eigenvalue weighted by Gasteiger charge is -2.12. The van der Waals surface area contributed by atoms with Crippen LogP contribution in [0.15, 0.2) is 9.98 Å². The lowest BCUT2D eigenvalue weighted by atomic mass is 9.94. The molecule has 0 aromatic heterocycles. The van der Waals surface area contributed by atoms with Gasteiger partial charge in [0.1, 0.15) is 0 Å². The van der Waals surface area contributed by atoms with Gasteiger partial charge in [0.2, 0.25) is 12.2 Å². The molecule has 0 unspecified atom stereocenters. The van der Waals surface area contributed by atoms with Crippen LogP contribution >= 0.6 is 0 Å². The van der Waals surface area contributed by atoms with Gasteiger partial charge in [-0.1, -0.05) is 0 Å². The summed E-state index contributed by atoms with van der Waals surface area (Å²) in [6.07, 6.45) is 5.71. The van der Waals surface area contributed by atoms with Crippen LogP contribution in [0.3, 0.4) is 0 Å². The van der Waals surface area contributed by atoms with Gasteiger partial charge in [-0.3, -0.25) is 4.79 Å². The molecule has 94 valence electrons. The van der Waals surface area contributed by atoms with Gasteiger partial charge in [0.05, 0.1) is 13.1 Å². The van der Waals surface area contributed by atoms with Gasteiger partial charge in [0.25, 0.3) is 0 Å². The first-order valence-electron chi connectivity index (χ1n) is 5.49. The highest BCUT2D eigenvalue weighted by atomic mass is 16.4. The van der Waals surface area contributed by atoms with E-state index in [2.05, 4.69) is 9.98 Å². The number of carboxylic acid groups (broad SMARTS) is 1. The smallest absolute Gasteiger partial charge is 0.303 e. The Morgan fingerprint density at radius 1 is 1.06 bits per heavy atom. The molecule has 0 aromatic carbocycles. The van der Waals surface area contributed by atoms with E-state index in [-0.39, 0.29) is 12.3 Å². The zero-order valence-corrected chi connectivity index (χ0v) is 9.59. The van der Waals surface area contributed by atoms with Crippen LogP contribution in [0.2, 0.25) is 0 Å². The molecular weight excluding hydrogens is 224 g/mol. The van der Waals surface area contributed by atoms with Gasteiger partial charge < -0.3 is 5.11 Å². The molecular formula is C11H16N2O4. The zero-order valence-electron chi connectivity index (χ0n) is 9.59. The SMILES string of the molecule is O=C=NCCCC(CCCN=C=O)CC(=O)O. The third-order valence-electron chi connectivity index (χ3n) is 2.36. The van der Waals surface area contributed by atoms with Crippen molar-refractivity contribution in [2.45, 2.75) is 32.1 Å². The molecule has 6 nitrogen and oxygen atoms in total. The lowest BCUT2D eigenvalue weighted by molar-refractivity contribution is -0.138. The molecule has 17 heavy (non-hydrogen) atoms. The normalized spacial score (nSPS) is 11.1. The molecule has 0 spiro atoms. The molecule has 6 heteroatoms. The Labute approximate surface area is 99.5 Å². The maximum absolute atomic E-state index is 10.6. The molecule has 0 bridgehead atoms. The number of carbonyl (C=O) groups excluding carboxylic acids is 2. The second kappa shape index (κ2) is 10.7. The van der Waals surface area contributed by atoms with E-state index in [1.807, 2.05) is 0 Å². The third kappa shape index (κ3) is 10.5. The van der Waals surface area contributed by atoms with Crippen LogP contribution in [-0.4, -0.2) is 36.3 Å². The van der Waals surface area contributed by atoms with E-state index in [9.17, 15) is 14.4 Å². The van der Waals surface area contributed by atoms with Crippen LogP contribution in [0.4, 0.5) is 0 Å². The highest BCUT2D eigenvalue weighted by molar-refractivity contribution is 5.66. The predicted octanol–water partition coefficient (Wildman–Crippen LogP) is 1.31. The summed E-state index contributed by atoms with van der Waals surface area (Å²) in [4.78, 5) is 37.1. The van der Waals surface area contributed by atoms with Crippen molar-refractivity contribution in [1.82, 2.24) is 0 Å². The van der Waals surface area contributed by atoms with Gasteiger partial charge in [-0.25, -0.2) is 19.6 Å². The molecule has 0 aliphatic carbocycles. The molecule has 0 saturated heterocycles. The number of rotatable bonds is 10. The molecule has 0 aliphatic heterocycles. The fourth-order valence-electron chi connectivity index (χ4n) is 1.60. The van der Waals surface area contributed by atoms with Crippen molar-refractivity contribution in [2.24, 2.45) is 15.9 Å². The van der Waals surface area contributed by atoms with Crippen LogP contribution in [-0.2, 0) is 14.4 Å². The first-order valence-corrected chi connectivity index (χ1v) is 5.49. The van der Waals surface area contributed by atoms with Crippen molar-refractivity contribution in [1.29, 1.82) is 0 Å². The number of isocyanates is 2. The van der Waals surface area contributed by atoms with Crippen LogP contribution in [0, 0.1) is 5.92 Å². The summed E-state index contributed by atoms with van der Waals surface area (Å²) in [5.74, 6) is -0.802. The van der Waals surface area contributed by atoms with E-state index >= 15 is 0 Å². The van der Waals surface area contributed by atoms with E-state index < -0.39 is 5.97 Å². The molecule has 0 atom stereocenters. The van der Waals surface area contributed by atoms with Gasteiger partial charge in [-0.2, -0.15) is 0 Å². The number of aliphatic imine (C=N–C) groups is 2. The molecule has 0 heterocycles. The van der Waals surface area contributed by atoms with E-state index in [1.54, 1.807) is 0 Å². The average Bonchev–Trinajstić information content (AvgIpc) is 2.29. The van der Waals surface area contributed by atoms with Crippen molar-refractivity contribution in [2.75, 3.05) is 13.1 Å². The highest BCUT2D eigenvalue weighted by Crippen LogP contribution is 2.17. The molecule has 0 fully saturated rings. The van der Waals surface area contributed by atoms with Gasteiger partial charge in [-0.15, -0.1) is 0 Å². The molecule has 0 aromatic rings. The summed E-state index contributed by atoms with van der Waals surface area (Å²) < 4.78 is 0. The number of hydrogen-bond donors (Lipinski definition) is 1. The second-order valence-electron chi connectivity index (χ2n) is 3.69. The maximum atomic E-state index is 10.6. The quantitative estimate of drug-likeness (QED) is 0.353. The van der Waals surface area contributed by atoms with E-state index in [4.69, 9.17) is 5.11 Å². The first kappa shape index (κ1) is 15.2. The predicted molar refractivity (Wildman–Crippen MR) is 60.2 cm³/mol. The van der Waals surface area contributed by atoms with Crippen LogP contribution < -0.4 is 0 Å². The summed E-state index contributed by atoms with van der Waals surface area (Å²) in [6.45, 7) is 0.762. The number of carbonyl (C=O) groups is 1. The number of hydrogen-bond acceptors (Lipinski definition) is 5. The van der Waals surface area contributed by atoms with Crippen LogP contribution in [0.25, 0.3) is 0 Å². The molecule has 0 rings (SSSR count). The van der Waals surface area contributed by atoms with Crippen molar-refractivity contribution in [3.8, 4) is 0 Å². The van der Waals surface area contributed by atoms with Crippen molar-refractivity contribution in [3.05, 3.63) is 0 Å². The van der Waals surface area contributed by atoms with E-state index in [0.29, 0.717) is 38.8 Å². The second-order valence-corrected chi connectivity index (χ2v) is 3.69. The number of aliphatic carboxylic acids is 1. The summed E-state index contributed by atoms with van der Waals surface area (Å²) >= 11 is 0. The Hall–Kier alpha value is -1.77. The first-order chi connectivity index (χ1) is 8.20. The van der Waals surface area contributed by atoms with Crippen LogP contribution in [0.1, 0.15) is 32.1 Å². The molecule has 0 saturated carbocycles. The fraction of sp³-hybridized carbons (Fsp3) is 0.727. The summed E-state index contributed by atoms with van der Waals surface area (Å²) in [5.41, 5.74) is 0. The summed E-state index contributed by atoms with van der Waals surface area (Å²) in [7, 11) is 0. The fourth-order valence-corrected chi connectivity index (χ4v) is 1.60. The third-order valence-corrected chi connectivity index (χ3v) is 2.36. The molecule has 1 N–H and O–H groups in total. The van der Waals surface area contributed by atoms with Gasteiger partial charge in [0.15, 0.2) is 0 Å². The van der Waals surface area contributed by atoms with E-state index in [1.165, 1.54) is 12.2 Å². The standard InChI is InChI=1S/C11H16N2O4/c14-8-12-5-1-3-10(7-11(16)17)4-2-6-13-9-15/h10H,1-7H2,(H,16,17). The van der Waals surface area contributed by atoms with Gasteiger partial charge in [-0.05, 0) is 31.6 Å². The molecule has 0 radical (unpaired) electrons. The van der Waals surface area contributed by atoms with Gasteiger partial charge >= 0.3 is 5.97 Å². The maximum Gasteiger partial charge on any atom is 0.303 e. The Bertz CT molecular complexity index is 293. The van der Waals surface area contributed by atoms with Gasteiger partial charge in [0, 0.05) is 6.42 Å².